The first-order chi connectivity index (χ1) is 16.6. The van der Waals surface area contributed by atoms with Crippen molar-refractivity contribution < 1.29 is 19.5 Å². The topological polar surface area (TPSA) is 108 Å². The molecular weight excluding hydrogens is 462 g/mol. The highest BCUT2D eigenvalue weighted by Crippen LogP contribution is 2.21. The molecule has 2 amide bonds. The number of carboxylic acids is 1. The van der Waals surface area contributed by atoms with E-state index in [9.17, 15) is 14.4 Å². The number of rotatable bonds is 9. The van der Waals surface area contributed by atoms with Crippen LogP contribution in [0, 0.1) is 0 Å². The third-order valence-corrected chi connectivity index (χ3v) is 6.12. The average Bonchev–Trinajstić information content (AvgIpc) is 2.83. The van der Waals surface area contributed by atoms with Crippen LogP contribution >= 0.6 is 11.9 Å². The molecule has 3 rings (SSSR count). The summed E-state index contributed by atoms with van der Waals surface area (Å²) < 4.78 is 3.34. The predicted octanol–water partition coefficient (Wildman–Crippen LogP) is 4.76. The fraction of sp³-hybridized carbons (Fsp3) is 0.222. The van der Waals surface area contributed by atoms with Gasteiger partial charge in [-0.05, 0) is 86.8 Å². The third kappa shape index (κ3) is 8.27. The van der Waals surface area contributed by atoms with Crippen LogP contribution < -0.4 is 15.4 Å². The number of carboxylic acid groups (broad SMARTS) is 1. The second kappa shape index (κ2) is 11.7. The summed E-state index contributed by atoms with van der Waals surface area (Å²) in [7, 11) is 0. The molecule has 182 valence electrons. The number of nitrogens with one attached hydrogen (secondary N) is 3. The van der Waals surface area contributed by atoms with Gasteiger partial charge in [-0.15, -0.1) is 0 Å². The Morgan fingerprint density at radius 1 is 0.857 bits per heavy atom. The number of carbonyl (C=O) groups excluding carboxylic acids is 2. The van der Waals surface area contributed by atoms with Gasteiger partial charge in [-0.25, -0.2) is 4.79 Å². The summed E-state index contributed by atoms with van der Waals surface area (Å²) in [5.41, 5.74) is 1.84. The number of amides is 2. The predicted molar refractivity (Wildman–Crippen MR) is 139 cm³/mol. The van der Waals surface area contributed by atoms with Crippen molar-refractivity contribution in [3.8, 4) is 0 Å². The molecule has 0 bridgehead atoms. The summed E-state index contributed by atoms with van der Waals surface area (Å²) in [5.74, 6) is -1.88. The molecule has 4 N–H and O–H groups in total. The summed E-state index contributed by atoms with van der Waals surface area (Å²) in [5, 5.41) is 14.7. The number of hydrogen-bond donors (Lipinski definition) is 4. The molecule has 8 heteroatoms. The minimum Gasteiger partial charge on any atom is -0.478 e. The minimum atomic E-state index is -1.07. The van der Waals surface area contributed by atoms with Crippen molar-refractivity contribution >= 4 is 35.4 Å². The van der Waals surface area contributed by atoms with Gasteiger partial charge in [0.2, 0.25) is 5.91 Å². The van der Waals surface area contributed by atoms with Gasteiger partial charge in [0, 0.05) is 28.1 Å². The van der Waals surface area contributed by atoms with Gasteiger partial charge in [0.25, 0.3) is 5.91 Å². The van der Waals surface area contributed by atoms with Crippen molar-refractivity contribution in [2.75, 3.05) is 5.32 Å². The molecular formula is C27H29N3O4S. The lowest BCUT2D eigenvalue weighted by Crippen LogP contribution is -2.45. The van der Waals surface area contributed by atoms with Gasteiger partial charge in [0.05, 0.1) is 5.56 Å². The van der Waals surface area contributed by atoms with E-state index in [0.717, 1.165) is 10.5 Å². The van der Waals surface area contributed by atoms with Crippen molar-refractivity contribution in [3.63, 3.8) is 0 Å². The largest absolute Gasteiger partial charge is 0.478 e. The Balaban J connectivity index is 1.71. The van der Waals surface area contributed by atoms with Crippen LogP contribution in [0.2, 0.25) is 0 Å². The summed E-state index contributed by atoms with van der Waals surface area (Å²) in [6.07, 6.45) is 0.301. The lowest BCUT2D eigenvalue weighted by molar-refractivity contribution is -0.118. The van der Waals surface area contributed by atoms with E-state index in [1.54, 1.807) is 0 Å². The van der Waals surface area contributed by atoms with Crippen LogP contribution in [0.3, 0.4) is 0 Å². The first-order valence-electron chi connectivity index (χ1n) is 11.1. The molecule has 0 spiro atoms. The summed E-state index contributed by atoms with van der Waals surface area (Å²) in [6, 6.07) is 21.6. The number of benzene rings is 3. The highest BCUT2D eigenvalue weighted by molar-refractivity contribution is 7.97. The second-order valence-electron chi connectivity index (χ2n) is 9.07. The highest BCUT2D eigenvalue weighted by Gasteiger charge is 2.22. The highest BCUT2D eigenvalue weighted by atomic mass is 32.2. The molecule has 0 saturated carbocycles. The van der Waals surface area contributed by atoms with E-state index in [2.05, 4.69) is 36.1 Å². The van der Waals surface area contributed by atoms with E-state index in [-0.39, 0.29) is 22.6 Å². The molecule has 0 fully saturated rings. The third-order valence-electron chi connectivity index (χ3n) is 4.90. The first kappa shape index (κ1) is 26.0. The van der Waals surface area contributed by atoms with Crippen molar-refractivity contribution in [1.82, 2.24) is 10.0 Å². The zero-order valence-corrected chi connectivity index (χ0v) is 20.7. The maximum absolute atomic E-state index is 13.1. The monoisotopic (exact) mass is 491 g/mol. The minimum absolute atomic E-state index is 0.0334. The smallest absolute Gasteiger partial charge is 0.335 e. The van der Waals surface area contributed by atoms with Gasteiger partial charge in [-0.2, -0.15) is 0 Å². The standard InChI is InChI=1S/C27H29N3O4S/c1-27(2,3)30-35-22-15-13-21(14-16-22)28-25(32)23(17-18-7-5-4-6-8-18)29-24(31)19-9-11-20(12-10-19)26(33)34/h4-16,23,30H,17H2,1-3H3,(H,28,32)(H,29,31)(H,33,34). The van der Waals surface area contributed by atoms with Crippen LogP contribution in [-0.2, 0) is 11.2 Å². The Morgan fingerprint density at radius 2 is 1.46 bits per heavy atom. The molecule has 1 atom stereocenters. The molecule has 35 heavy (non-hydrogen) atoms. The number of hydrogen-bond acceptors (Lipinski definition) is 5. The van der Waals surface area contributed by atoms with Gasteiger partial charge in [-0.1, -0.05) is 30.3 Å². The van der Waals surface area contributed by atoms with Crippen LogP contribution in [0.4, 0.5) is 5.69 Å². The molecule has 1 unspecified atom stereocenters. The molecule has 0 aliphatic carbocycles. The number of aromatic carboxylic acids is 1. The van der Waals surface area contributed by atoms with Crippen molar-refractivity contribution in [2.24, 2.45) is 0 Å². The maximum atomic E-state index is 13.1. The molecule has 3 aromatic carbocycles. The molecule has 0 aliphatic heterocycles. The van der Waals surface area contributed by atoms with E-state index in [0.29, 0.717) is 12.1 Å². The zero-order valence-electron chi connectivity index (χ0n) is 19.9. The molecule has 3 aromatic rings. The Kier molecular flexibility index (Phi) is 8.68. The quantitative estimate of drug-likeness (QED) is 0.322. The van der Waals surface area contributed by atoms with E-state index < -0.39 is 17.9 Å². The maximum Gasteiger partial charge on any atom is 0.335 e. The van der Waals surface area contributed by atoms with Gasteiger partial charge in [-0.3, -0.25) is 14.3 Å². The summed E-state index contributed by atoms with van der Waals surface area (Å²) in [4.78, 5) is 38.1. The van der Waals surface area contributed by atoms with Gasteiger partial charge in [0.1, 0.15) is 6.04 Å². The van der Waals surface area contributed by atoms with E-state index in [1.165, 1.54) is 36.2 Å². The Labute approximate surface area is 209 Å². The van der Waals surface area contributed by atoms with Crippen LogP contribution in [0.25, 0.3) is 0 Å². The summed E-state index contributed by atoms with van der Waals surface area (Å²) in [6.45, 7) is 6.24. The fourth-order valence-electron chi connectivity index (χ4n) is 3.11. The van der Waals surface area contributed by atoms with E-state index >= 15 is 0 Å². The molecule has 7 nitrogen and oxygen atoms in total. The summed E-state index contributed by atoms with van der Waals surface area (Å²) >= 11 is 1.52. The van der Waals surface area contributed by atoms with Crippen LogP contribution in [-0.4, -0.2) is 34.5 Å². The van der Waals surface area contributed by atoms with Crippen LogP contribution in [0.5, 0.6) is 0 Å². The zero-order chi connectivity index (χ0) is 25.4. The van der Waals surface area contributed by atoms with E-state index in [1.807, 2.05) is 54.6 Å². The molecule has 0 aliphatic rings. The van der Waals surface area contributed by atoms with Gasteiger partial charge in [0.15, 0.2) is 0 Å². The molecule has 0 radical (unpaired) electrons. The van der Waals surface area contributed by atoms with Crippen LogP contribution in [0.15, 0.2) is 83.8 Å². The Hall–Kier alpha value is -3.62. The molecule has 0 heterocycles. The lowest BCUT2D eigenvalue weighted by atomic mass is 10.0. The average molecular weight is 492 g/mol. The lowest BCUT2D eigenvalue weighted by Gasteiger charge is -2.20. The SMILES string of the molecule is CC(C)(C)NSc1ccc(NC(=O)C(Cc2ccccc2)NC(=O)c2ccc(C(=O)O)cc2)cc1. The number of anilines is 1. The van der Waals surface area contributed by atoms with Gasteiger partial charge < -0.3 is 15.7 Å². The number of carbonyl (C=O) groups is 3. The van der Waals surface area contributed by atoms with Crippen LogP contribution in [0.1, 0.15) is 47.1 Å². The van der Waals surface area contributed by atoms with Crippen molar-refractivity contribution in [3.05, 3.63) is 95.6 Å². The van der Waals surface area contributed by atoms with Crippen molar-refractivity contribution in [1.29, 1.82) is 0 Å². The Morgan fingerprint density at radius 3 is 2.03 bits per heavy atom. The first-order valence-corrected chi connectivity index (χ1v) is 12.0. The van der Waals surface area contributed by atoms with Crippen molar-refractivity contribution in [2.45, 2.75) is 43.7 Å². The Bertz CT molecular complexity index is 1160. The second-order valence-corrected chi connectivity index (χ2v) is 9.95. The van der Waals surface area contributed by atoms with E-state index in [4.69, 9.17) is 5.11 Å². The normalized spacial score (nSPS) is 12.0. The van der Waals surface area contributed by atoms with Gasteiger partial charge >= 0.3 is 5.97 Å². The molecule has 0 saturated heterocycles. The molecule has 0 aromatic heterocycles. The fourth-order valence-corrected chi connectivity index (χ4v) is 3.81.